The molecule has 0 aromatic rings. The predicted molar refractivity (Wildman–Crippen MR) is 161 cm³/mol. The van der Waals surface area contributed by atoms with Crippen molar-refractivity contribution < 1.29 is 37.9 Å². The molecule has 0 bridgehead atoms. The summed E-state index contributed by atoms with van der Waals surface area (Å²) in [6, 6.07) is 0. The SMILES string of the molecule is CCCC/C=C\C/C=C\CCCCCCCC(=O)OC(COC(=O)CCCCCCCCCC)COP(=O)(O)O. The van der Waals surface area contributed by atoms with Gasteiger partial charge in [0.25, 0.3) is 0 Å². The highest BCUT2D eigenvalue weighted by Gasteiger charge is 2.22. The van der Waals surface area contributed by atoms with Crippen molar-refractivity contribution in [3.05, 3.63) is 24.3 Å². The molecule has 0 aliphatic rings. The lowest BCUT2D eigenvalue weighted by atomic mass is 10.1. The topological polar surface area (TPSA) is 119 Å². The van der Waals surface area contributed by atoms with Crippen LogP contribution in [0.15, 0.2) is 24.3 Å². The molecule has 1 atom stereocenters. The molecule has 234 valence electrons. The van der Waals surface area contributed by atoms with Gasteiger partial charge in [0.15, 0.2) is 6.10 Å². The van der Waals surface area contributed by atoms with Crippen molar-refractivity contribution in [3.63, 3.8) is 0 Å². The molecule has 0 rings (SSSR count). The molecule has 0 aromatic heterocycles. The van der Waals surface area contributed by atoms with Crippen molar-refractivity contribution >= 4 is 19.8 Å². The standard InChI is InChI=1S/C31H57O8P/c1-3-5-7-9-11-13-14-15-16-17-18-20-22-24-26-31(33)39-29(28-38-40(34,35)36)27-37-30(32)25-23-21-19-12-10-8-6-4-2/h9,11,14-15,29H,3-8,10,12-13,16-28H2,1-2H3,(H2,34,35,36)/b11-9-,15-14-. The lowest BCUT2D eigenvalue weighted by Gasteiger charge is -2.18. The Morgan fingerprint density at radius 3 is 1.73 bits per heavy atom. The van der Waals surface area contributed by atoms with E-state index in [4.69, 9.17) is 19.3 Å². The maximum atomic E-state index is 12.3. The van der Waals surface area contributed by atoms with Gasteiger partial charge in [-0.3, -0.25) is 14.1 Å². The molecule has 0 aromatic carbocycles. The summed E-state index contributed by atoms with van der Waals surface area (Å²) in [6.07, 6.45) is 27.7. The molecule has 9 heteroatoms. The van der Waals surface area contributed by atoms with Crippen LogP contribution in [0.2, 0.25) is 0 Å². The van der Waals surface area contributed by atoms with Crippen LogP contribution in [0.1, 0.15) is 142 Å². The zero-order chi connectivity index (χ0) is 29.7. The van der Waals surface area contributed by atoms with Crippen molar-refractivity contribution in [1.29, 1.82) is 0 Å². The van der Waals surface area contributed by atoms with E-state index in [0.717, 1.165) is 64.2 Å². The minimum atomic E-state index is -4.74. The van der Waals surface area contributed by atoms with Gasteiger partial charge in [0.2, 0.25) is 0 Å². The van der Waals surface area contributed by atoms with E-state index < -0.39 is 32.5 Å². The summed E-state index contributed by atoms with van der Waals surface area (Å²) in [5.41, 5.74) is 0. The van der Waals surface area contributed by atoms with Gasteiger partial charge in [0, 0.05) is 12.8 Å². The van der Waals surface area contributed by atoms with Crippen LogP contribution in [0.3, 0.4) is 0 Å². The summed E-state index contributed by atoms with van der Waals surface area (Å²) >= 11 is 0. The molecule has 0 spiro atoms. The van der Waals surface area contributed by atoms with Crippen LogP contribution in [0, 0.1) is 0 Å². The Kier molecular flexibility index (Phi) is 26.7. The minimum Gasteiger partial charge on any atom is -0.462 e. The average molecular weight is 589 g/mol. The Balaban J connectivity index is 4.07. The molecule has 0 amide bonds. The third kappa shape index (κ3) is 29.5. The first kappa shape index (κ1) is 38.5. The first-order chi connectivity index (χ1) is 19.3. The van der Waals surface area contributed by atoms with Gasteiger partial charge in [-0.2, -0.15) is 0 Å². The fraction of sp³-hybridized carbons (Fsp3) is 0.806. The first-order valence-corrected chi connectivity index (χ1v) is 17.2. The smallest absolute Gasteiger partial charge is 0.462 e. The lowest BCUT2D eigenvalue weighted by molar-refractivity contribution is -0.161. The zero-order valence-corrected chi connectivity index (χ0v) is 26.1. The molecular weight excluding hydrogens is 531 g/mol. The number of ether oxygens (including phenoxy) is 2. The van der Waals surface area contributed by atoms with Crippen LogP contribution in [0.4, 0.5) is 0 Å². The second kappa shape index (κ2) is 27.7. The maximum absolute atomic E-state index is 12.3. The Bertz CT molecular complexity index is 716. The van der Waals surface area contributed by atoms with Crippen molar-refractivity contribution in [2.45, 2.75) is 148 Å². The van der Waals surface area contributed by atoms with Gasteiger partial charge in [-0.05, 0) is 38.5 Å². The number of hydrogen-bond donors (Lipinski definition) is 2. The fourth-order valence-corrected chi connectivity index (χ4v) is 4.45. The van der Waals surface area contributed by atoms with Gasteiger partial charge in [0.05, 0.1) is 6.61 Å². The number of rotatable bonds is 28. The zero-order valence-electron chi connectivity index (χ0n) is 25.2. The summed E-state index contributed by atoms with van der Waals surface area (Å²) in [7, 11) is -4.74. The highest BCUT2D eigenvalue weighted by molar-refractivity contribution is 7.46. The second-order valence-corrected chi connectivity index (χ2v) is 11.7. The number of hydrogen-bond acceptors (Lipinski definition) is 6. The van der Waals surface area contributed by atoms with Gasteiger partial charge < -0.3 is 19.3 Å². The number of carbonyl (C=O) groups is 2. The highest BCUT2D eigenvalue weighted by Crippen LogP contribution is 2.35. The Labute approximate surface area is 243 Å². The lowest BCUT2D eigenvalue weighted by Crippen LogP contribution is -2.29. The van der Waals surface area contributed by atoms with Crippen molar-refractivity contribution in [3.8, 4) is 0 Å². The van der Waals surface area contributed by atoms with Crippen LogP contribution in [0.25, 0.3) is 0 Å². The van der Waals surface area contributed by atoms with Gasteiger partial charge in [-0.25, -0.2) is 4.57 Å². The quantitative estimate of drug-likeness (QED) is 0.0404. The van der Waals surface area contributed by atoms with Gasteiger partial charge in [0.1, 0.15) is 6.61 Å². The van der Waals surface area contributed by atoms with E-state index in [0.29, 0.717) is 6.42 Å². The second-order valence-electron chi connectivity index (χ2n) is 10.4. The number of carbonyl (C=O) groups excluding carboxylic acids is 2. The normalized spacial score (nSPS) is 12.8. The van der Waals surface area contributed by atoms with E-state index in [1.54, 1.807) is 0 Å². The summed E-state index contributed by atoms with van der Waals surface area (Å²) in [5, 5.41) is 0. The minimum absolute atomic E-state index is 0.197. The van der Waals surface area contributed by atoms with Gasteiger partial charge >= 0.3 is 19.8 Å². The van der Waals surface area contributed by atoms with Crippen molar-refractivity contribution in [1.82, 2.24) is 0 Å². The van der Waals surface area contributed by atoms with E-state index in [1.165, 1.54) is 44.9 Å². The van der Waals surface area contributed by atoms with E-state index in [1.807, 2.05) is 0 Å². The van der Waals surface area contributed by atoms with Crippen LogP contribution in [-0.2, 0) is 28.2 Å². The van der Waals surface area contributed by atoms with Crippen LogP contribution in [-0.4, -0.2) is 41.0 Å². The van der Waals surface area contributed by atoms with Crippen LogP contribution < -0.4 is 0 Å². The molecule has 2 N–H and O–H groups in total. The maximum Gasteiger partial charge on any atom is 0.469 e. The molecule has 0 aliphatic carbocycles. The largest absolute Gasteiger partial charge is 0.469 e. The molecule has 0 saturated carbocycles. The van der Waals surface area contributed by atoms with E-state index in [2.05, 4.69) is 42.7 Å². The molecule has 8 nitrogen and oxygen atoms in total. The van der Waals surface area contributed by atoms with E-state index in [9.17, 15) is 14.2 Å². The molecule has 0 fully saturated rings. The Morgan fingerprint density at radius 1 is 0.650 bits per heavy atom. The number of allylic oxidation sites excluding steroid dienone is 4. The third-order valence-electron chi connectivity index (χ3n) is 6.47. The summed E-state index contributed by atoms with van der Waals surface area (Å²) in [4.78, 5) is 42.3. The van der Waals surface area contributed by atoms with E-state index >= 15 is 0 Å². The first-order valence-electron chi connectivity index (χ1n) is 15.6. The molecule has 40 heavy (non-hydrogen) atoms. The summed E-state index contributed by atoms with van der Waals surface area (Å²) in [5.74, 6) is -0.908. The average Bonchev–Trinajstić information content (AvgIpc) is 2.91. The van der Waals surface area contributed by atoms with Crippen molar-refractivity contribution in [2.75, 3.05) is 13.2 Å². The summed E-state index contributed by atoms with van der Waals surface area (Å²) in [6.45, 7) is 3.56. The number of phosphoric ester groups is 1. The number of esters is 2. The van der Waals surface area contributed by atoms with Crippen LogP contribution in [0.5, 0.6) is 0 Å². The monoisotopic (exact) mass is 588 g/mol. The van der Waals surface area contributed by atoms with Gasteiger partial charge in [-0.1, -0.05) is 115 Å². The molecule has 1 unspecified atom stereocenters. The Morgan fingerprint density at radius 2 is 1.15 bits per heavy atom. The van der Waals surface area contributed by atoms with Crippen LogP contribution >= 0.6 is 7.82 Å². The molecule has 0 aliphatic heterocycles. The van der Waals surface area contributed by atoms with E-state index in [-0.39, 0.29) is 19.4 Å². The molecule has 0 saturated heterocycles. The highest BCUT2D eigenvalue weighted by atomic mass is 31.2. The molecule has 0 heterocycles. The molecule has 0 radical (unpaired) electrons. The van der Waals surface area contributed by atoms with Gasteiger partial charge in [-0.15, -0.1) is 0 Å². The Hall–Kier alpha value is -1.47. The summed E-state index contributed by atoms with van der Waals surface area (Å²) < 4.78 is 26.1. The number of phosphoric acid groups is 1. The molecular formula is C31H57O8P. The number of unbranched alkanes of at least 4 members (excludes halogenated alkanes) is 14. The van der Waals surface area contributed by atoms with Crippen molar-refractivity contribution in [2.24, 2.45) is 0 Å². The fourth-order valence-electron chi connectivity index (χ4n) is 4.09. The third-order valence-corrected chi connectivity index (χ3v) is 6.96. The predicted octanol–water partition coefficient (Wildman–Crippen LogP) is 8.50.